The Hall–Kier alpha value is -0.990. The zero-order chi connectivity index (χ0) is 11.8. The van der Waals surface area contributed by atoms with Gasteiger partial charge in [0.25, 0.3) is 0 Å². The first-order chi connectivity index (χ1) is 8.22. The Morgan fingerprint density at radius 3 is 2.65 bits per heavy atom. The molecule has 1 aliphatic heterocycles. The minimum Gasteiger partial charge on any atom is -0.378 e. The summed E-state index contributed by atoms with van der Waals surface area (Å²) in [4.78, 5) is 0. The van der Waals surface area contributed by atoms with Gasteiger partial charge in [-0.25, -0.2) is 0 Å². The Bertz CT molecular complexity index is 551. The summed E-state index contributed by atoms with van der Waals surface area (Å²) in [6, 6.07) is 14.8. The molecule has 1 aliphatic rings. The summed E-state index contributed by atoms with van der Waals surface area (Å²) in [6.45, 7) is 0. The van der Waals surface area contributed by atoms with Crippen LogP contribution in [0, 0.1) is 0 Å². The van der Waals surface area contributed by atoms with Crippen LogP contribution < -0.4 is 5.32 Å². The monoisotopic (exact) mass is 307 g/mol. The summed E-state index contributed by atoms with van der Waals surface area (Å²) in [5.74, 6) is 0. The molecule has 0 radical (unpaired) electrons. The molecule has 1 atom stereocenters. The smallest absolute Gasteiger partial charge is 0.0555 e. The Balaban J connectivity index is 1.88. The van der Waals surface area contributed by atoms with Crippen LogP contribution >= 0.6 is 27.5 Å². The van der Waals surface area contributed by atoms with E-state index in [-0.39, 0.29) is 0 Å². The van der Waals surface area contributed by atoms with Gasteiger partial charge in [0.1, 0.15) is 0 Å². The average Bonchev–Trinajstić information content (AvgIpc) is 2.72. The van der Waals surface area contributed by atoms with E-state index in [2.05, 4.69) is 51.6 Å². The fraction of sp³-hybridized carbons (Fsp3) is 0.143. The zero-order valence-corrected chi connectivity index (χ0v) is 11.4. The molecule has 1 heterocycles. The molecule has 1 unspecified atom stereocenters. The van der Waals surface area contributed by atoms with Crippen LogP contribution in [-0.4, -0.2) is 0 Å². The summed E-state index contributed by atoms with van der Waals surface area (Å²) in [5.41, 5.74) is 3.87. The van der Waals surface area contributed by atoms with Gasteiger partial charge in [-0.1, -0.05) is 39.7 Å². The van der Waals surface area contributed by atoms with Crippen molar-refractivity contribution in [3.8, 4) is 0 Å². The molecule has 0 aliphatic carbocycles. The Morgan fingerprint density at radius 2 is 1.88 bits per heavy atom. The predicted octanol–water partition coefficient (Wildman–Crippen LogP) is 4.81. The van der Waals surface area contributed by atoms with Gasteiger partial charge in [-0.3, -0.25) is 0 Å². The second-order valence-electron chi connectivity index (χ2n) is 4.25. The van der Waals surface area contributed by atoms with Gasteiger partial charge in [0, 0.05) is 15.2 Å². The molecule has 2 aromatic carbocycles. The summed E-state index contributed by atoms with van der Waals surface area (Å²) in [6.07, 6.45) is 1.02. The van der Waals surface area contributed by atoms with Gasteiger partial charge in [0.15, 0.2) is 0 Å². The maximum atomic E-state index is 5.90. The first kappa shape index (κ1) is 11.1. The Labute approximate surface area is 114 Å². The van der Waals surface area contributed by atoms with Gasteiger partial charge in [0.05, 0.1) is 6.04 Å². The van der Waals surface area contributed by atoms with Crippen LogP contribution in [0.15, 0.2) is 46.9 Å². The third-order valence-electron chi connectivity index (χ3n) is 3.09. The molecule has 1 N–H and O–H groups in total. The molecule has 3 heteroatoms. The molecule has 2 aromatic rings. The van der Waals surface area contributed by atoms with Gasteiger partial charge in [-0.2, -0.15) is 0 Å². The van der Waals surface area contributed by atoms with Crippen LogP contribution in [0.2, 0.25) is 5.02 Å². The van der Waals surface area contributed by atoms with Crippen molar-refractivity contribution >= 4 is 33.2 Å². The lowest BCUT2D eigenvalue weighted by Crippen LogP contribution is -2.04. The predicted molar refractivity (Wildman–Crippen MR) is 75.7 cm³/mol. The number of benzene rings is 2. The van der Waals surface area contributed by atoms with Crippen LogP contribution in [0.3, 0.4) is 0 Å². The lowest BCUT2D eigenvalue weighted by Gasteiger charge is -2.11. The number of hydrogen-bond donors (Lipinski definition) is 1. The van der Waals surface area contributed by atoms with Crippen molar-refractivity contribution in [2.75, 3.05) is 5.32 Å². The molecule has 0 fully saturated rings. The lowest BCUT2D eigenvalue weighted by molar-refractivity contribution is 0.824. The van der Waals surface area contributed by atoms with Crippen LogP contribution in [0.25, 0.3) is 0 Å². The summed E-state index contributed by atoms with van der Waals surface area (Å²) >= 11 is 9.41. The van der Waals surface area contributed by atoms with Crippen LogP contribution in [-0.2, 0) is 6.42 Å². The molecule has 0 saturated heterocycles. The van der Waals surface area contributed by atoms with E-state index in [9.17, 15) is 0 Å². The molecule has 0 amide bonds. The molecule has 1 nitrogen and oxygen atoms in total. The van der Waals surface area contributed by atoms with Crippen molar-refractivity contribution in [1.82, 2.24) is 0 Å². The lowest BCUT2D eigenvalue weighted by atomic mass is 10.0. The molecule has 0 aromatic heterocycles. The van der Waals surface area contributed by atoms with Crippen molar-refractivity contribution < 1.29 is 0 Å². The number of fused-ring (bicyclic) bond motifs is 1. The topological polar surface area (TPSA) is 12.0 Å². The minimum absolute atomic E-state index is 0.358. The highest BCUT2D eigenvalue weighted by Gasteiger charge is 2.21. The number of hydrogen-bond acceptors (Lipinski definition) is 1. The van der Waals surface area contributed by atoms with Crippen molar-refractivity contribution in [1.29, 1.82) is 0 Å². The number of nitrogens with one attached hydrogen (secondary N) is 1. The Kier molecular flexibility index (Phi) is 2.85. The maximum absolute atomic E-state index is 5.90. The third kappa shape index (κ3) is 2.20. The second-order valence-corrected chi connectivity index (χ2v) is 5.61. The van der Waals surface area contributed by atoms with Crippen molar-refractivity contribution in [2.24, 2.45) is 0 Å². The number of anilines is 1. The van der Waals surface area contributed by atoms with E-state index in [1.54, 1.807) is 0 Å². The summed E-state index contributed by atoms with van der Waals surface area (Å²) in [5, 5.41) is 4.32. The SMILES string of the molecule is Clc1ccc(C2Cc3cc(Br)ccc3N2)cc1. The fourth-order valence-corrected chi connectivity index (χ4v) is 2.76. The molecule has 17 heavy (non-hydrogen) atoms. The van der Waals surface area contributed by atoms with E-state index < -0.39 is 0 Å². The van der Waals surface area contributed by atoms with Crippen LogP contribution in [0.5, 0.6) is 0 Å². The molecular formula is C14H11BrClN. The highest BCUT2D eigenvalue weighted by Crippen LogP contribution is 2.35. The van der Waals surface area contributed by atoms with E-state index in [1.165, 1.54) is 16.8 Å². The number of rotatable bonds is 1. The first-order valence-electron chi connectivity index (χ1n) is 5.53. The van der Waals surface area contributed by atoms with E-state index in [0.717, 1.165) is 15.9 Å². The van der Waals surface area contributed by atoms with Gasteiger partial charge in [-0.05, 0) is 47.9 Å². The molecule has 0 spiro atoms. The minimum atomic E-state index is 0.358. The average molecular weight is 309 g/mol. The maximum Gasteiger partial charge on any atom is 0.0555 e. The quantitative estimate of drug-likeness (QED) is 0.797. The van der Waals surface area contributed by atoms with Crippen molar-refractivity contribution in [3.05, 3.63) is 63.1 Å². The standard InChI is InChI=1S/C14H11BrClN/c15-11-3-6-13-10(7-11)8-14(17-13)9-1-4-12(16)5-2-9/h1-7,14,17H,8H2. The van der Waals surface area contributed by atoms with Crippen molar-refractivity contribution in [2.45, 2.75) is 12.5 Å². The molecule has 0 saturated carbocycles. The van der Waals surface area contributed by atoms with E-state index in [4.69, 9.17) is 11.6 Å². The highest BCUT2D eigenvalue weighted by molar-refractivity contribution is 9.10. The van der Waals surface area contributed by atoms with Gasteiger partial charge in [0.2, 0.25) is 0 Å². The highest BCUT2D eigenvalue weighted by atomic mass is 79.9. The third-order valence-corrected chi connectivity index (χ3v) is 3.84. The molecule has 86 valence electrons. The molecule has 3 rings (SSSR count). The van der Waals surface area contributed by atoms with E-state index in [0.29, 0.717) is 6.04 Å². The molecule has 0 bridgehead atoms. The first-order valence-corrected chi connectivity index (χ1v) is 6.70. The van der Waals surface area contributed by atoms with Crippen molar-refractivity contribution in [3.63, 3.8) is 0 Å². The zero-order valence-electron chi connectivity index (χ0n) is 9.08. The largest absolute Gasteiger partial charge is 0.378 e. The summed E-state index contributed by atoms with van der Waals surface area (Å²) < 4.78 is 1.13. The fourth-order valence-electron chi connectivity index (χ4n) is 2.23. The molecular weight excluding hydrogens is 298 g/mol. The van der Waals surface area contributed by atoms with E-state index >= 15 is 0 Å². The van der Waals surface area contributed by atoms with Gasteiger partial charge < -0.3 is 5.32 Å². The normalized spacial score (nSPS) is 17.6. The van der Waals surface area contributed by atoms with E-state index in [1.807, 2.05) is 12.1 Å². The number of halogens is 2. The summed E-state index contributed by atoms with van der Waals surface area (Å²) in [7, 11) is 0. The van der Waals surface area contributed by atoms with Crippen LogP contribution in [0.4, 0.5) is 5.69 Å². The second kappa shape index (κ2) is 4.35. The Morgan fingerprint density at radius 1 is 1.12 bits per heavy atom. The van der Waals surface area contributed by atoms with Gasteiger partial charge in [-0.15, -0.1) is 0 Å². The van der Waals surface area contributed by atoms with Crippen LogP contribution in [0.1, 0.15) is 17.2 Å². The van der Waals surface area contributed by atoms with Gasteiger partial charge >= 0.3 is 0 Å².